The highest BCUT2D eigenvalue weighted by molar-refractivity contribution is 5.79. The molecule has 0 N–H and O–H groups in total. The van der Waals surface area contributed by atoms with Crippen molar-refractivity contribution in [3.05, 3.63) is 0 Å². The first-order chi connectivity index (χ1) is 6.63. The molecule has 0 spiro atoms. The molecule has 1 aliphatic rings. The van der Waals surface area contributed by atoms with E-state index in [1.807, 2.05) is 0 Å². The minimum atomic E-state index is -0.320. The average molecular weight is 201 g/mol. The van der Waals surface area contributed by atoms with Gasteiger partial charge in [0.15, 0.2) is 0 Å². The molecular formula is C9H15NO4. The molecule has 5 heteroatoms. The number of esters is 1. The Kier molecular flexibility index (Phi) is 3.88. The minimum absolute atomic E-state index is 0.0140. The maximum Gasteiger partial charge on any atom is 0.302 e. The molecule has 5 nitrogen and oxygen atoms in total. The van der Waals surface area contributed by atoms with E-state index in [1.165, 1.54) is 6.92 Å². The highest BCUT2D eigenvalue weighted by Gasteiger charge is 2.28. The molecule has 1 aliphatic heterocycles. The maximum absolute atomic E-state index is 11.3. The number of nitrogens with zero attached hydrogens (tertiary/aromatic N) is 1. The van der Waals surface area contributed by atoms with Gasteiger partial charge in [-0.25, -0.2) is 0 Å². The smallest absolute Gasteiger partial charge is 0.302 e. The van der Waals surface area contributed by atoms with Gasteiger partial charge in [-0.15, -0.1) is 0 Å². The molecule has 0 bridgehead atoms. The lowest BCUT2D eigenvalue weighted by Crippen LogP contribution is -2.30. The third-order valence-corrected chi connectivity index (χ3v) is 2.18. The largest absolute Gasteiger partial charge is 0.464 e. The Morgan fingerprint density at radius 1 is 1.64 bits per heavy atom. The Labute approximate surface area is 83.0 Å². The van der Waals surface area contributed by atoms with Crippen molar-refractivity contribution in [3.8, 4) is 0 Å². The van der Waals surface area contributed by atoms with Gasteiger partial charge in [0, 0.05) is 20.6 Å². The number of carbonyl (C=O) groups excluding carboxylic acids is 2. The van der Waals surface area contributed by atoms with Gasteiger partial charge < -0.3 is 14.4 Å². The van der Waals surface area contributed by atoms with E-state index in [0.29, 0.717) is 19.5 Å². The van der Waals surface area contributed by atoms with E-state index in [4.69, 9.17) is 9.47 Å². The van der Waals surface area contributed by atoms with Gasteiger partial charge in [-0.3, -0.25) is 9.59 Å². The first-order valence-electron chi connectivity index (χ1n) is 4.57. The molecule has 0 radical (unpaired) electrons. The number of likely N-dealkylation sites (tertiary alicyclic amines) is 1. The summed E-state index contributed by atoms with van der Waals surface area (Å²) in [6.07, 6.45) is 0.413. The summed E-state index contributed by atoms with van der Waals surface area (Å²) in [7, 11) is 1.59. The summed E-state index contributed by atoms with van der Waals surface area (Å²) in [6, 6.07) is 0. The van der Waals surface area contributed by atoms with Crippen LogP contribution in [0.2, 0.25) is 0 Å². The molecular weight excluding hydrogens is 186 g/mol. The predicted molar refractivity (Wildman–Crippen MR) is 48.6 cm³/mol. The van der Waals surface area contributed by atoms with Crippen LogP contribution >= 0.6 is 0 Å². The average Bonchev–Trinajstić information content (AvgIpc) is 2.47. The third-order valence-electron chi connectivity index (χ3n) is 2.18. The highest BCUT2D eigenvalue weighted by atomic mass is 16.5. The minimum Gasteiger partial charge on any atom is -0.464 e. The fourth-order valence-electron chi connectivity index (χ4n) is 1.41. The zero-order valence-corrected chi connectivity index (χ0v) is 8.49. The van der Waals surface area contributed by atoms with E-state index in [9.17, 15) is 9.59 Å². The second-order valence-electron chi connectivity index (χ2n) is 3.24. The van der Waals surface area contributed by atoms with E-state index in [0.717, 1.165) is 0 Å². The van der Waals surface area contributed by atoms with Gasteiger partial charge in [0.25, 0.3) is 0 Å². The third kappa shape index (κ3) is 2.99. The molecule has 0 aromatic carbocycles. The zero-order chi connectivity index (χ0) is 10.6. The van der Waals surface area contributed by atoms with Gasteiger partial charge in [-0.05, 0) is 0 Å². The lowest BCUT2D eigenvalue weighted by Gasteiger charge is -2.15. The van der Waals surface area contributed by atoms with Crippen LogP contribution in [0.4, 0.5) is 0 Å². The Bertz CT molecular complexity index is 229. The maximum atomic E-state index is 11.3. The summed E-state index contributed by atoms with van der Waals surface area (Å²) in [6.45, 7) is 2.66. The molecule has 1 atom stereocenters. The topological polar surface area (TPSA) is 55.8 Å². The number of carbonyl (C=O) groups is 2. The summed E-state index contributed by atoms with van der Waals surface area (Å²) < 4.78 is 9.82. The Morgan fingerprint density at radius 3 is 2.86 bits per heavy atom. The normalized spacial score (nSPS) is 21.4. The van der Waals surface area contributed by atoms with Crippen molar-refractivity contribution in [1.82, 2.24) is 4.90 Å². The molecule has 0 aliphatic carbocycles. The first-order valence-corrected chi connectivity index (χ1v) is 4.57. The van der Waals surface area contributed by atoms with Gasteiger partial charge in [0.05, 0.1) is 19.1 Å². The number of methoxy groups -OCH3 is 1. The molecule has 80 valence electrons. The van der Waals surface area contributed by atoms with Crippen LogP contribution in [0.15, 0.2) is 0 Å². The van der Waals surface area contributed by atoms with Crippen LogP contribution in [0.5, 0.6) is 0 Å². The van der Waals surface area contributed by atoms with Gasteiger partial charge in [-0.1, -0.05) is 0 Å². The van der Waals surface area contributed by atoms with Crippen molar-refractivity contribution in [2.45, 2.75) is 19.4 Å². The molecule has 1 unspecified atom stereocenters. The van der Waals surface area contributed by atoms with E-state index in [-0.39, 0.29) is 24.6 Å². The van der Waals surface area contributed by atoms with E-state index in [1.54, 1.807) is 12.0 Å². The fourth-order valence-corrected chi connectivity index (χ4v) is 1.41. The molecule has 1 rings (SSSR count). The quantitative estimate of drug-likeness (QED) is 0.591. The summed E-state index contributed by atoms with van der Waals surface area (Å²) in [5.74, 6) is -0.260. The number of hydrogen-bond acceptors (Lipinski definition) is 4. The SMILES string of the molecule is COC1CC(=O)N(CCOC(C)=O)C1. The Balaban J connectivity index is 2.25. The van der Waals surface area contributed by atoms with E-state index < -0.39 is 0 Å². The van der Waals surface area contributed by atoms with Crippen LogP contribution in [0, 0.1) is 0 Å². The monoisotopic (exact) mass is 201 g/mol. The van der Waals surface area contributed by atoms with Gasteiger partial charge >= 0.3 is 5.97 Å². The van der Waals surface area contributed by atoms with Crippen molar-refractivity contribution in [3.63, 3.8) is 0 Å². The predicted octanol–water partition coefficient (Wildman–Crippen LogP) is -0.203. The van der Waals surface area contributed by atoms with E-state index >= 15 is 0 Å². The first kappa shape index (κ1) is 11.0. The summed E-state index contributed by atoms with van der Waals surface area (Å²) in [5.41, 5.74) is 0. The molecule has 0 aromatic rings. The van der Waals surface area contributed by atoms with Crippen LogP contribution in [0.25, 0.3) is 0 Å². The molecule has 1 fully saturated rings. The van der Waals surface area contributed by atoms with Crippen LogP contribution in [-0.2, 0) is 19.1 Å². The Hall–Kier alpha value is -1.10. The zero-order valence-electron chi connectivity index (χ0n) is 8.49. The highest BCUT2D eigenvalue weighted by Crippen LogP contribution is 2.12. The standard InChI is InChI=1S/C9H15NO4/c1-7(11)14-4-3-10-6-8(13-2)5-9(10)12/h8H,3-6H2,1-2H3. The molecule has 0 aromatic heterocycles. The van der Waals surface area contributed by atoms with Crippen molar-refractivity contribution >= 4 is 11.9 Å². The number of ether oxygens (including phenoxy) is 2. The number of rotatable bonds is 4. The fraction of sp³-hybridized carbons (Fsp3) is 0.778. The van der Waals surface area contributed by atoms with Gasteiger partial charge in [0.2, 0.25) is 5.91 Å². The summed E-state index contributed by atoms with van der Waals surface area (Å²) in [4.78, 5) is 23.4. The van der Waals surface area contributed by atoms with Crippen molar-refractivity contribution in [1.29, 1.82) is 0 Å². The summed E-state index contributed by atoms with van der Waals surface area (Å²) >= 11 is 0. The second-order valence-corrected chi connectivity index (χ2v) is 3.24. The van der Waals surface area contributed by atoms with Crippen LogP contribution < -0.4 is 0 Å². The number of hydrogen-bond donors (Lipinski definition) is 0. The summed E-state index contributed by atoms with van der Waals surface area (Å²) in [5, 5.41) is 0. The van der Waals surface area contributed by atoms with Crippen molar-refractivity contribution in [2.24, 2.45) is 0 Å². The molecule has 14 heavy (non-hydrogen) atoms. The van der Waals surface area contributed by atoms with Gasteiger partial charge in [0.1, 0.15) is 6.61 Å². The van der Waals surface area contributed by atoms with Crippen molar-refractivity contribution < 1.29 is 19.1 Å². The number of amides is 1. The van der Waals surface area contributed by atoms with Crippen LogP contribution in [0.1, 0.15) is 13.3 Å². The van der Waals surface area contributed by atoms with Crippen LogP contribution in [0.3, 0.4) is 0 Å². The van der Waals surface area contributed by atoms with E-state index in [2.05, 4.69) is 0 Å². The molecule has 1 heterocycles. The molecule has 1 amide bonds. The lowest BCUT2D eigenvalue weighted by molar-refractivity contribution is -0.142. The van der Waals surface area contributed by atoms with Crippen LogP contribution in [-0.4, -0.2) is 49.7 Å². The Morgan fingerprint density at radius 2 is 2.36 bits per heavy atom. The molecule has 0 saturated carbocycles. The van der Waals surface area contributed by atoms with Gasteiger partial charge in [-0.2, -0.15) is 0 Å². The molecule has 1 saturated heterocycles. The lowest BCUT2D eigenvalue weighted by atomic mass is 10.3. The van der Waals surface area contributed by atoms with Crippen molar-refractivity contribution in [2.75, 3.05) is 26.8 Å². The second kappa shape index (κ2) is 4.95.